The average Bonchev–Trinajstić information content (AvgIpc) is 2.71. The van der Waals surface area contributed by atoms with E-state index in [2.05, 4.69) is 0 Å². The Morgan fingerprint density at radius 3 is 2.94 bits per heavy atom. The van der Waals surface area contributed by atoms with Crippen molar-refractivity contribution in [3.8, 4) is 0 Å². The number of alkyl halides is 1. The molecule has 0 aliphatic heterocycles. The van der Waals surface area contributed by atoms with Crippen molar-refractivity contribution < 1.29 is 9.18 Å². The van der Waals surface area contributed by atoms with Gasteiger partial charge in [0.1, 0.15) is 5.82 Å². The highest BCUT2D eigenvalue weighted by Crippen LogP contribution is 2.27. The third-order valence-corrected chi connectivity index (χ3v) is 3.71. The zero-order valence-electron chi connectivity index (χ0n) is 9.24. The molecule has 0 saturated carbocycles. The molecule has 2 aromatic rings. The van der Waals surface area contributed by atoms with Crippen molar-refractivity contribution in [3.05, 3.63) is 35.0 Å². The summed E-state index contributed by atoms with van der Waals surface area (Å²) in [5.41, 5.74) is 0. The topological polar surface area (TPSA) is 20.3 Å². The second-order valence-electron chi connectivity index (χ2n) is 3.71. The maximum atomic E-state index is 13.0. The van der Waals surface area contributed by atoms with Crippen LogP contribution in [0.1, 0.15) is 9.67 Å². The fourth-order valence-electron chi connectivity index (χ4n) is 1.53. The van der Waals surface area contributed by atoms with Crippen molar-refractivity contribution in [2.75, 3.05) is 19.5 Å². The molecule has 2 rings (SSSR count). The van der Waals surface area contributed by atoms with E-state index in [4.69, 9.17) is 11.6 Å². The second kappa shape index (κ2) is 5.02. The molecule has 0 aliphatic rings. The molecule has 0 bridgehead atoms. The van der Waals surface area contributed by atoms with Gasteiger partial charge in [0.15, 0.2) is 0 Å². The number of hydrogen-bond donors (Lipinski definition) is 0. The SMILES string of the molecule is CN(CCCl)C(=O)c1cc2ccc(F)cc2s1. The summed E-state index contributed by atoms with van der Waals surface area (Å²) in [6, 6.07) is 6.30. The first kappa shape index (κ1) is 12.3. The molecule has 0 saturated heterocycles. The van der Waals surface area contributed by atoms with Gasteiger partial charge in [0.2, 0.25) is 0 Å². The lowest BCUT2D eigenvalue weighted by atomic mass is 10.2. The van der Waals surface area contributed by atoms with Crippen LogP contribution in [0.3, 0.4) is 0 Å². The van der Waals surface area contributed by atoms with Crippen LogP contribution in [-0.2, 0) is 0 Å². The van der Waals surface area contributed by atoms with Crippen LogP contribution in [0.15, 0.2) is 24.3 Å². The Balaban J connectivity index is 2.33. The summed E-state index contributed by atoms with van der Waals surface area (Å²) in [6.45, 7) is 0.503. The average molecular weight is 272 g/mol. The van der Waals surface area contributed by atoms with E-state index in [1.165, 1.54) is 23.5 Å². The minimum absolute atomic E-state index is 0.0766. The van der Waals surface area contributed by atoms with Crippen molar-refractivity contribution in [2.24, 2.45) is 0 Å². The first-order chi connectivity index (χ1) is 8.11. The van der Waals surface area contributed by atoms with E-state index in [-0.39, 0.29) is 11.7 Å². The number of fused-ring (bicyclic) bond motifs is 1. The van der Waals surface area contributed by atoms with Crippen molar-refractivity contribution in [1.82, 2.24) is 4.90 Å². The zero-order valence-corrected chi connectivity index (χ0v) is 10.8. The second-order valence-corrected chi connectivity index (χ2v) is 5.17. The fourth-order valence-corrected chi connectivity index (χ4v) is 2.86. The molecule has 0 unspecified atom stereocenters. The van der Waals surface area contributed by atoms with E-state index in [1.54, 1.807) is 24.1 Å². The maximum Gasteiger partial charge on any atom is 0.263 e. The molecule has 0 N–H and O–H groups in total. The molecule has 1 amide bonds. The van der Waals surface area contributed by atoms with E-state index in [0.717, 1.165) is 10.1 Å². The quantitative estimate of drug-likeness (QED) is 0.784. The van der Waals surface area contributed by atoms with Crippen LogP contribution in [0.2, 0.25) is 0 Å². The standard InChI is InChI=1S/C12H11ClFNOS/c1-15(5-4-13)12(16)11-6-8-2-3-9(14)7-10(8)17-11/h2-3,6-7H,4-5H2,1H3. The van der Waals surface area contributed by atoms with Crippen molar-refractivity contribution in [2.45, 2.75) is 0 Å². The highest BCUT2D eigenvalue weighted by molar-refractivity contribution is 7.20. The molecule has 5 heteroatoms. The highest BCUT2D eigenvalue weighted by atomic mass is 35.5. The lowest BCUT2D eigenvalue weighted by Gasteiger charge is -2.13. The molecule has 1 aromatic carbocycles. The van der Waals surface area contributed by atoms with Crippen LogP contribution in [0.4, 0.5) is 4.39 Å². The smallest absolute Gasteiger partial charge is 0.263 e. The molecule has 0 spiro atoms. The number of benzene rings is 1. The number of carbonyl (C=O) groups is 1. The summed E-state index contributed by atoms with van der Waals surface area (Å²) in [6.07, 6.45) is 0. The fraction of sp³-hybridized carbons (Fsp3) is 0.250. The molecule has 0 atom stereocenters. The molecular weight excluding hydrogens is 261 g/mol. The van der Waals surface area contributed by atoms with E-state index in [9.17, 15) is 9.18 Å². The van der Waals surface area contributed by atoms with Crippen LogP contribution in [0, 0.1) is 5.82 Å². The number of amides is 1. The lowest BCUT2D eigenvalue weighted by molar-refractivity contribution is 0.0808. The van der Waals surface area contributed by atoms with Gasteiger partial charge in [-0.05, 0) is 23.6 Å². The van der Waals surface area contributed by atoms with Gasteiger partial charge in [-0.15, -0.1) is 22.9 Å². The minimum atomic E-state index is -0.285. The molecule has 1 aromatic heterocycles. The van der Waals surface area contributed by atoms with Crippen molar-refractivity contribution >= 4 is 38.9 Å². The van der Waals surface area contributed by atoms with Gasteiger partial charge in [-0.2, -0.15) is 0 Å². The largest absolute Gasteiger partial charge is 0.340 e. The van der Waals surface area contributed by atoms with Gasteiger partial charge < -0.3 is 4.90 Å². The van der Waals surface area contributed by atoms with Crippen molar-refractivity contribution in [1.29, 1.82) is 0 Å². The third-order valence-electron chi connectivity index (χ3n) is 2.46. The van der Waals surface area contributed by atoms with Gasteiger partial charge in [-0.25, -0.2) is 4.39 Å². The van der Waals surface area contributed by atoms with Gasteiger partial charge in [-0.1, -0.05) is 6.07 Å². The molecule has 90 valence electrons. The number of thiophene rings is 1. The predicted molar refractivity (Wildman–Crippen MR) is 69.5 cm³/mol. The summed E-state index contributed by atoms with van der Waals surface area (Å²) in [7, 11) is 1.70. The number of carbonyl (C=O) groups excluding carboxylic acids is 1. The first-order valence-corrected chi connectivity index (χ1v) is 6.47. The van der Waals surface area contributed by atoms with Crippen molar-refractivity contribution in [3.63, 3.8) is 0 Å². The van der Waals surface area contributed by atoms with E-state index in [1.807, 2.05) is 0 Å². The number of rotatable bonds is 3. The number of nitrogens with zero attached hydrogens (tertiary/aromatic N) is 1. The predicted octanol–water partition coefficient (Wildman–Crippen LogP) is 3.35. The Hall–Kier alpha value is -1.13. The molecular formula is C12H11ClFNOS. The normalized spacial score (nSPS) is 10.8. The van der Waals surface area contributed by atoms with E-state index < -0.39 is 0 Å². The van der Waals surface area contributed by atoms with Gasteiger partial charge in [0.05, 0.1) is 4.88 Å². The van der Waals surface area contributed by atoms with Gasteiger partial charge in [-0.3, -0.25) is 4.79 Å². The summed E-state index contributed by atoms with van der Waals surface area (Å²) in [4.78, 5) is 14.1. The van der Waals surface area contributed by atoms with Crippen LogP contribution in [-0.4, -0.2) is 30.3 Å². The molecule has 2 nitrogen and oxygen atoms in total. The van der Waals surface area contributed by atoms with Crippen LogP contribution in [0.25, 0.3) is 10.1 Å². The Morgan fingerprint density at radius 2 is 2.24 bits per heavy atom. The summed E-state index contributed by atoms with van der Waals surface area (Å²) < 4.78 is 13.8. The molecule has 0 radical (unpaired) electrons. The van der Waals surface area contributed by atoms with Gasteiger partial charge >= 0.3 is 0 Å². The molecule has 1 heterocycles. The molecule has 17 heavy (non-hydrogen) atoms. The zero-order chi connectivity index (χ0) is 12.4. The summed E-state index contributed by atoms with van der Waals surface area (Å²) in [5.74, 6) is 0.0432. The van der Waals surface area contributed by atoms with E-state index >= 15 is 0 Å². The summed E-state index contributed by atoms with van der Waals surface area (Å²) >= 11 is 6.89. The van der Waals surface area contributed by atoms with Gasteiger partial charge in [0, 0.05) is 24.2 Å². The van der Waals surface area contributed by atoms with Crippen LogP contribution in [0.5, 0.6) is 0 Å². The Bertz CT molecular complexity index is 554. The molecule has 0 fully saturated rings. The lowest BCUT2D eigenvalue weighted by Crippen LogP contribution is -2.27. The Labute approximate surface area is 108 Å². The highest BCUT2D eigenvalue weighted by Gasteiger charge is 2.14. The van der Waals surface area contributed by atoms with Crippen LogP contribution < -0.4 is 0 Å². The Morgan fingerprint density at radius 1 is 1.47 bits per heavy atom. The van der Waals surface area contributed by atoms with Gasteiger partial charge in [0.25, 0.3) is 5.91 Å². The molecule has 0 aliphatic carbocycles. The Kier molecular flexibility index (Phi) is 3.64. The first-order valence-electron chi connectivity index (χ1n) is 5.12. The number of halogens is 2. The third kappa shape index (κ3) is 2.58. The van der Waals surface area contributed by atoms with Crippen LogP contribution >= 0.6 is 22.9 Å². The maximum absolute atomic E-state index is 13.0. The number of hydrogen-bond acceptors (Lipinski definition) is 2. The summed E-state index contributed by atoms with van der Waals surface area (Å²) in [5, 5.41) is 0.888. The van der Waals surface area contributed by atoms with E-state index in [0.29, 0.717) is 17.3 Å². The minimum Gasteiger partial charge on any atom is -0.340 e. The monoisotopic (exact) mass is 271 g/mol.